The Morgan fingerprint density at radius 3 is 2.64 bits per heavy atom. The maximum Gasteiger partial charge on any atom is 0.316 e. The average Bonchev–Trinajstić information content (AvgIpc) is 2.21. The summed E-state index contributed by atoms with van der Waals surface area (Å²) in [5.74, 6) is -1.73. The molecule has 0 aromatic carbocycles. The number of hydrogen-bond acceptors (Lipinski definition) is 5. The van der Waals surface area contributed by atoms with Gasteiger partial charge in [-0.25, -0.2) is 0 Å². The monoisotopic (exact) mass is 220 g/mol. The van der Waals surface area contributed by atoms with Gasteiger partial charge in [-0.05, 0) is 0 Å². The predicted molar refractivity (Wildman–Crippen MR) is 49.5 cm³/mol. The summed E-state index contributed by atoms with van der Waals surface area (Å²) in [6.07, 6.45) is 0.343. The van der Waals surface area contributed by atoms with Crippen molar-refractivity contribution in [2.75, 3.05) is 26.5 Å². The van der Waals surface area contributed by atoms with Crippen LogP contribution in [0.5, 0.6) is 0 Å². The zero-order valence-electron chi connectivity index (χ0n) is 8.19. The van der Waals surface area contributed by atoms with Crippen molar-refractivity contribution in [3.63, 3.8) is 0 Å². The Morgan fingerprint density at radius 1 is 1.50 bits per heavy atom. The lowest BCUT2D eigenvalue weighted by Crippen LogP contribution is -2.33. The van der Waals surface area contributed by atoms with Gasteiger partial charge in [-0.2, -0.15) is 0 Å². The molecule has 0 unspecified atom stereocenters. The first-order valence-corrected chi connectivity index (χ1v) is 6.26. The third kappa shape index (κ3) is 2.22. The molecule has 14 heavy (non-hydrogen) atoms. The maximum atomic E-state index is 11.8. The molecule has 1 aliphatic rings. The van der Waals surface area contributed by atoms with Gasteiger partial charge in [0, 0.05) is 25.9 Å². The normalized spacial score (nSPS) is 32.7. The first-order valence-electron chi connectivity index (χ1n) is 4.27. The Bertz CT molecular complexity index is 290. The third-order valence-corrected chi connectivity index (χ3v) is 4.86. The molecule has 5 nitrogen and oxygen atoms in total. The summed E-state index contributed by atoms with van der Waals surface area (Å²) in [6.45, 7) is 0. The Kier molecular flexibility index (Phi) is 3.45. The van der Waals surface area contributed by atoms with Crippen LogP contribution < -0.4 is 0 Å². The molecule has 1 fully saturated rings. The molecule has 1 rings (SSSR count). The molecule has 0 spiro atoms. The minimum atomic E-state index is -2.78. The molecule has 0 bridgehead atoms. The van der Waals surface area contributed by atoms with Crippen molar-refractivity contribution >= 4 is 19.1 Å². The van der Waals surface area contributed by atoms with E-state index in [-0.39, 0.29) is 24.5 Å². The van der Waals surface area contributed by atoms with Gasteiger partial charge in [-0.15, -0.1) is 0 Å². The highest BCUT2D eigenvalue weighted by molar-refractivity contribution is 7.59. The number of esters is 1. The Morgan fingerprint density at radius 2 is 2.14 bits per heavy atom. The topological polar surface area (TPSA) is 69.7 Å². The highest BCUT2D eigenvalue weighted by atomic mass is 31.2. The highest BCUT2D eigenvalue weighted by Gasteiger charge is 2.40. The first-order chi connectivity index (χ1) is 6.52. The minimum absolute atomic E-state index is 0.0188. The third-order valence-electron chi connectivity index (χ3n) is 2.37. The molecule has 80 valence electrons. The number of rotatable bonds is 2. The molecule has 0 saturated carbocycles. The summed E-state index contributed by atoms with van der Waals surface area (Å²) < 4.78 is 21.1. The number of hydrogen-bond donors (Lipinski definition) is 0. The van der Waals surface area contributed by atoms with E-state index in [1.165, 1.54) is 14.2 Å². The van der Waals surface area contributed by atoms with Gasteiger partial charge in [0.25, 0.3) is 0 Å². The Hall–Kier alpha value is -0.670. The van der Waals surface area contributed by atoms with Crippen LogP contribution in [0, 0.1) is 5.92 Å². The quantitative estimate of drug-likeness (QED) is 0.388. The fraction of sp³-hybridized carbons (Fsp3) is 0.750. The van der Waals surface area contributed by atoms with Crippen molar-refractivity contribution in [3.05, 3.63) is 0 Å². The summed E-state index contributed by atoms with van der Waals surface area (Å²) in [5.41, 5.74) is 0. The van der Waals surface area contributed by atoms with Gasteiger partial charge >= 0.3 is 5.97 Å². The Labute approximate surface area is 82.2 Å². The van der Waals surface area contributed by atoms with Crippen LogP contribution in [0.3, 0.4) is 0 Å². The van der Waals surface area contributed by atoms with E-state index in [1.54, 1.807) is 0 Å². The van der Waals surface area contributed by atoms with E-state index in [0.29, 0.717) is 0 Å². The van der Waals surface area contributed by atoms with E-state index in [4.69, 9.17) is 4.52 Å². The molecule has 0 aromatic rings. The fourth-order valence-corrected chi connectivity index (χ4v) is 3.42. The number of methoxy groups -OCH3 is 1. The fourth-order valence-electron chi connectivity index (χ4n) is 1.44. The number of carbonyl (C=O) groups is 2. The lowest BCUT2D eigenvalue weighted by atomic mass is 10.0. The van der Waals surface area contributed by atoms with E-state index in [2.05, 4.69) is 4.74 Å². The average molecular weight is 220 g/mol. The Balaban J connectivity index is 2.79. The molecule has 2 atom stereocenters. The molecule has 0 aliphatic carbocycles. The van der Waals surface area contributed by atoms with Gasteiger partial charge in [0.15, 0.2) is 0 Å². The van der Waals surface area contributed by atoms with Crippen LogP contribution in [0.1, 0.15) is 6.42 Å². The summed E-state index contributed by atoms with van der Waals surface area (Å²) in [5, 5.41) is 0. The van der Waals surface area contributed by atoms with Crippen molar-refractivity contribution in [2.45, 2.75) is 6.42 Å². The predicted octanol–water partition coefficient (Wildman–Crippen LogP) is 0.673. The standard InChI is InChI=1S/C8H13O5P/c1-12-8(10)6-5-14(11,13-2)4-3-7(6)9/h6H,3-5H2,1-2H3/t6-,14-/m0/s1. The van der Waals surface area contributed by atoms with E-state index >= 15 is 0 Å². The highest BCUT2D eigenvalue weighted by Crippen LogP contribution is 2.51. The van der Waals surface area contributed by atoms with Crippen molar-refractivity contribution in [1.82, 2.24) is 0 Å². The second-order valence-electron chi connectivity index (χ2n) is 3.20. The van der Waals surface area contributed by atoms with Crippen molar-refractivity contribution in [3.8, 4) is 0 Å². The lowest BCUT2D eigenvalue weighted by Gasteiger charge is -2.25. The molecule has 0 N–H and O–H groups in total. The van der Waals surface area contributed by atoms with E-state index in [1.807, 2.05) is 0 Å². The summed E-state index contributed by atoms with van der Waals surface area (Å²) >= 11 is 0. The number of ketones is 1. The van der Waals surface area contributed by atoms with Crippen molar-refractivity contribution in [1.29, 1.82) is 0 Å². The molecule has 1 heterocycles. The van der Waals surface area contributed by atoms with E-state index < -0.39 is 19.3 Å². The zero-order valence-corrected chi connectivity index (χ0v) is 9.08. The zero-order chi connectivity index (χ0) is 10.8. The summed E-state index contributed by atoms with van der Waals surface area (Å²) in [4.78, 5) is 22.5. The second-order valence-corrected chi connectivity index (χ2v) is 6.00. The number of ether oxygens (including phenoxy) is 1. The van der Waals surface area contributed by atoms with Crippen molar-refractivity contribution < 1.29 is 23.4 Å². The lowest BCUT2D eigenvalue weighted by molar-refractivity contribution is -0.148. The van der Waals surface area contributed by atoms with Crippen LogP contribution in [0.2, 0.25) is 0 Å². The van der Waals surface area contributed by atoms with Crippen LogP contribution in [0.4, 0.5) is 0 Å². The first kappa shape index (κ1) is 11.4. The van der Waals surface area contributed by atoms with Gasteiger partial charge in [0.05, 0.1) is 7.11 Å². The van der Waals surface area contributed by atoms with Crippen molar-refractivity contribution in [2.24, 2.45) is 5.92 Å². The van der Waals surface area contributed by atoms with Crippen LogP contribution in [0.15, 0.2) is 0 Å². The summed E-state index contributed by atoms with van der Waals surface area (Å²) in [7, 11) is -0.228. The van der Waals surface area contributed by atoms with Gasteiger partial charge < -0.3 is 9.26 Å². The van der Waals surface area contributed by atoms with Crippen LogP contribution in [-0.2, 0) is 23.4 Å². The number of carbonyl (C=O) groups excluding carboxylic acids is 2. The molecular weight excluding hydrogens is 207 g/mol. The van der Waals surface area contributed by atoms with Crippen LogP contribution >= 0.6 is 7.37 Å². The molecule has 1 aliphatic heterocycles. The molecule has 0 aromatic heterocycles. The second kappa shape index (κ2) is 4.24. The molecule has 1 saturated heterocycles. The molecule has 0 radical (unpaired) electrons. The van der Waals surface area contributed by atoms with E-state index in [9.17, 15) is 14.2 Å². The molecule has 6 heteroatoms. The van der Waals surface area contributed by atoms with Gasteiger partial charge in [-0.1, -0.05) is 0 Å². The smallest absolute Gasteiger partial charge is 0.316 e. The maximum absolute atomic E-state index is 11.8. The van der Waals surface area contributed by atoms with Crippen LogP contribution in [-0.4, -0.2) is 38.3 Å². The minimum Gasteiger partial charge on any atom is -0.468 e. The molecular formula is C8H13O5P. The SMILES string of the molecule is COC(=O)[C@H]1C[P@@](=O)(OC)CCC1=O. The van der Waals surface area contributed by atoms with Gasteiger partial charge in [0.1, 0.15) is 11.7 Å². The molecule has 0 amide bonds. The van der Waals surface area contributed by atoms with Crippen LogP contribution in [0.25, 0.3) is 0 Å². The van der Waals surface area contributed by atoms with E-state index in [0.717, 1.165) is 0 Å². The number of Topliss-reactive ketones (excluding diaryl/α,β-unsaturated/α-hetero) is 1. The van der Waals surface area contributed by atoms with Gasteiger partial charge in [0.2, 0.25) is 7.37 Å². The summed E-state index contributed by atoms with van der Waals surface area (Å²) in [6, 6.07) is 0. The largest absolute Gasteiger partial charge is 0.468 e. The van der Waals surface area contributed by atoms with Gasteiger partial charge in [-0.3, -0.25) is 14.2 Å².